The van der Waals surface area contributed by atoms with Gasteiger partial charge in [0.2, 0.25) is 0 Å². The Hall–Kier alpha value is -3.72. The first-order valence-corrected chi connectivity index (χ1v) is 13.6. The first-order valence-electron chi connectivity index (χ1n) is 13.6. The predicted molar refractivity (Wildman–Crippen MR) is 150 cm³/mol. The number of ether oxygens (including phenoxy) is 1. The molecule has 0 bridgehead atoms. The van der Waals surface area contributed by atoms with Crippen LogP contribution < -0.4 is 10.4 Å². The molecule has 1 aliphatic carbocycles. The van der Waals surface area contributed by atoms with E-state index in [0.717, 1.165) is 60.1 Å². The standard InChI is InChI=1S/C33H32FN3O/c34-33-28-22-27(18-19-29(28)37(36-33)30-13-4-5-21-38-30)32(26-16-14-23(15-17-26)8-7-20-35)31(25-11-6-12-25)24-9-2-1-3-10-24/h1-3,7-10,14-19,22,25,30,33,36H,4-6,11-13,21H2/b8-7+,32-31-. The number of hydrogen-bond donors (Lipinski definition) is 1. The number of alkyl halides is 1. The summed E-state index contributed by atoms with van der Waals surface area (Å²) >= 11 is 0. The molecule has 5 heteroatoms. The van der Waals surface area contributed by atoms with Gasteiger partial charge in [-0.1, -0.05) is 67.1 Å². The molecule has 3 aromatic carbocycles. The minimum absolute atomic E-state index is 0.145. The van der Waals surface area contributed by atoms with Gasteiger partial charge in [0.15, 0.2) is 6.30 Å². The number of rotatable bonds is 6. The number of nitrogens with zero attached hydrogens (tertiary/aromatic N) is 2. The van der Waals surface area contributed by atoms with Crippen molar-refractivity contribution in [3.63, 3.8) is 0 Å². The number of fused-ring (bicyclic) bond motifs is 1. The van der Waals surface area contributed by atoms with E-state index in [-0.39, 0.29) is 6.23 Å². The lowest BCUT2D eigenvalue weighted by Gasteiger charge is -2.33. The molecule has 1 N–H and O–H groups in total. The SMILES string of the molecule is N#C/C=C/c1ccc(/C(=C(\c2ccccc2)C2CCC2)c2ccc3c(c2)C(F)NN3C2CCCCO2)cc1. The fourth-order valence-electron chi connectivity index (χ4n) is 5.83. The second kappa shape index (κ2) is 10.9. The first kappa shape index (κ1) is 24.6. The third-order valence-electron chi connectivity index (χ3n) is 7.96. The van der Waals surface area contributed by atoms with Crippen LogP contribution in [0.3, 0.4) is 0 Å². The summed E-state index contributed by atoms with van der Waals surface area (Å²) in [6.07, 6.45) is 8.44. The molecule has 2 fully saturated rings. The van der Waals surface area contributed by atoms with Crippen molar-refractivity contribution >= 4 is 22.9 Å². The molecule has 38 heavy (non-hydrogen) atoms. The molecule has 0 amide bonds. The quantitative estimate of drug-likeness (QED) is 0.211. The number of allylic oxidation sites excluding steroid dienone is 2. The minimum atomic E-state index is -1.28. The second-order valence-electron chi connectivity index (χ2n) is 10.3. The Morgan fingerprint density at radius 2 is 1.71 bits per heavy atom. The molecule has 0 radical (unpaired) electrons. The van der Waals surface area contributed by atoms with E-state index in [2.05, 4.69) is 60.0 Å². The van der Waals surface area contributed by atoms with Crippen molar-refractivity contribution in [2.75, 3.05) is 11.6 Å². The normalized spacial score (nSPS) is 22.1. The lowest BCUT2D eigenvalue weighted by molar-refractivity contribution is 0.00520. The number of hydrogen-bond acceptors (Lipinski definition) is 4. The molecule has 2 unspecified atom stereocenters. The molecule has 2 heterocycles. The summed E-state index contributed by atoms with van der Waals surface area (Å²) in [5.74, 6) is 0.463. The van der Waals surface area contributed by atoms with Gasteiger partial charge in [-0.3, -0.25) is 5.01 Å². The molecule has 0 spiro atoms. The molecule has 6 rings (SSSR count). The van der Waals surface area contributed by atoms with E-state index < -0.39 is 6.30 Å². The third kappa shape index (κ3) is 4.78. The maximum Gasteiger partial charge on any atom is 0.195 e. The zero-order chi connectivity index (χ0) is 25.9. The summed E-state index contributed by atoms with van der Waals surface area (Å²) in [5, 5.41) is 10.8. The van der Waals surface area contributed by atoms with Gasteiger partial charge in [-0.2, -0.15) is 10.7 Å². The highest BCUT2D eigenvalue weighted by Gasteiger charge is 2.35. The number of nitrogens with one attached hydrogen (secondary N) is 1. The van der Waals surface area contributed by atoms with E-state index in [1.54, 1.807) is 0 Å². The molecule has 3 aromatic rings. The van der Waals surface area contributed by atoms with E-state index in [9.17, 15) is 0 Å². The smallest absolute Gasteiger partial charge is 0.195 e. The molecule has 2 aliphatic heterocycles. The Kier molecular flexibility index (Phi) is 7.09. The van der Waals surface area contributed by atoms with Gasteiger partial charge in [0.05, 0.1) is 11.8 Å². The summed E-state index contributed by atoms with van der Waals surface area (Å²) in [4.78, 5) is 0. The van der Waals surface area contributed by atoms with E-state index in [1.807, 2.05) is 35.4 Å². The van der Waals surface area contributed by atoms with Crippen molar-refractivity contribution in [2.24, 2.45) is 5.92 Å². The zero-order valence-electron chi connectivity index (χ0n) is 21.4. The van der Waals surface area contributed by atoms with E-state index in [0.29, 0.717) is 18.1 Å². The summed E-state index contributed by atoms with van der Waals surface area (Å²) in [6, 6.07) is 27.2. The average Bonchev–Trinajstić information content (AvgIpc) is 3.28. The van der Waals surface area contributed by atoms with Gasteiger partial charge in [-0.05, 0) is 89.6 Å². The highest BCUT2D eigenvalue weighted by molar-refractivity contribution is 6.00. The summed E-state index contributed by atoms with van der Waals surface area (Å²) in [6.45, 7) is 0.710. The van der Waals surface area contributed by atoms with Crippen LogP contribution in [0.1, 0.15) is 72.6 Å². The van der Waals surface area contributed by atoms with Crippen LogP contribution in [-0.4, -0.2) is 12.8 Å². The zero-order valence-corrected chi connectivity index (χ0v) is 21.4. The highest BCUT2D eigenvalue weighted by atomic mass is 19.1. The molecule has 192 valence electrons. The molecule has 1 saturated carbocycles. The van der Waals surface area contributed by atoms with Crippen molar-refractivity contribution in [1.29, 1.82) is 5.26 Å². The number of halogens is 1. The summed E-state index contributed by atoms with van der Waals surface area (Å²) in [5.41, 5.74) is 11.3. The molecule has 4 nitrogen and oxygen atoms in total. The van der Waals surface area contributed by atoms with Crippen molar-refractivity contribution < 1.29 is 9.13 Å². The van der Waals surface area contributed by atoms with Crippen LogP contribution in [0.15, 0.2) is 78.9 Å². The van der Waals surface area contributed by atoms with Crippen molar-refractivity contribution in [3.8, 4) is 6.07 Å². The Bertz CT molecular complexity index is 1380. The Balaban J connectivity index is 1.49. The monoisotopic (exact) mass is 505 g/mol. The Morgan fingerprint density at radius 1 is 0.921 bits per heavy atom. The molecule has 1 saturated heterocycles. The lowest BCUT2D eigenvalue weighted by Crippen LogP contribution is -2.45. The van der Waals surface area contributed by atoms with Crippen LogP contribution in [0.5, 0.6) is 0 Å². The largest absolute Gasteiger partial charge is 0.357 e. The molecule has 2 atom stereocenters. The van der Waals surface area contributed by atoms with Gasteiger partial charge < -0.3 is 4.74 Å². The van der Waals surface area contributed by atoms with Crippen molar-refractivity contribution in [3.05, 3.63) is 107 Å². The molecule has 3 aliphatic rings. The molecular weight excluding hydrogens is 473 g/mol. The predicted octanol–water partition coefficient (Wildman–Crippen LogP) is 7.80. The minimum Gasteiger partial charge on any atom is -0.357 e. The van der Waals surface area contributed by atoms with Crippen LogP contribution in [0.4, 0.5) is 10.1 Å². The Labute approximate surface area is 224 Å². The van der Waals surface area contributed by atoms with E-state index >= 15 is 4.39 Å². The fourth-order valence-corrected chi connectivity index (χ4v) is 5.83. The summed E-state index contributed by atoms with van der Waals surface area (Å²) < 4.78 is 21.4. The van der Waals surface area contributed by atoms with Crippen LogP contribution in [-0.2, 0) is 4.74 Å². The van der Waals surface area contributed by atoms with Gasteiger partial charge in [0.25, 0.3) is 0 Å². The lowest BCUT2D eigenvalue weighted by atomic mass is 9.73. The van der Waals surface area contributed by atoms with Crippen LogP contribution in [0.2, 0.25) is 0 Å². The molecule has 0 aromatic heterocycles. The fraction of sp³-hybridized carbons (Fsp3) is 0.303. The van der Waals surface area contributed by atoms with Crippen LogP contribution >= 0.6 is 0 Å². The first-order chi connectivity index (χ1) is 18.7. The van der Waals surface area contributed by atoms with Crippen molar-refractivity contribution in [1.82, 2.24) is 5.43 Å². The van der Waals surface area contributed by atoms with Gasteiger partial charge in [-0.25, -0.2) is 4.39 Å². The maximum atomic E-state index is 15.4. The number of benzene rings is 3. The van der Waals surface area contributed by atoms with Crippen LogP contribution in [0, 0.1) is 17.2 Å². The number of hydrazine groups is 1. The van der Waals surface area contributed by atoms with E-state index in [4.69, 9.17) is 10.00 Å². The summed E-state index contributed by atoms with van der Waals surface area (Å²) in [7, 11) is 0. The van der Waals surface area contributed by atoms with Gasteiger partial charge >= 0.3 is 0 Å². The molecular formula is C33H32FN3O. The number of nitriles is 1. The van der Waals surface area contributed by atoms with Gasteiger partial charge in [0, 0.05) is 18.2 Å². The van der Waals surface area contributed by atoms with E-state index in [1.165, 1.54) is 23.6 Å². The maximum absolute atomic E-state index is 15.4. The van der Waals surface area contributed by atoms with Gasteiger partial charge in [-0.15, -0.1) is 0 Å². The third-order valence-corrected chi connectivity index (χ3v) is 7.96. The topological polar surface area (TPSA) is 48.3 Å². The number of anilines is 1. The van der Waals surface area contributed by atoms with Crippen LogP contribution in [0.25, 0.3) is 17.2 Å². The highest BCUT2D eigenvalue weighted by Crippen LogP contribution is 2.46. The van der Waals surface area contributed by atoms with Gasteiger partial charge in [0.1, 0.15) is 6.23 Å². The Morgan fingerprint density at radius 3 is 2.39 bits per heavy atom. The average molecular weight is 506 g/mol. The van der Waals surface area contributed by atoms with Crippen molar-refractivity contribution in [2.45, 2.75) is 51.0 Å². The second-order valence-corrected chi connectivity index (χ2v) is 10.3.